The molecule has 86 valence electrons. The van der Waals surface area contributed by atoms with Crippen molar-refractivity contribution in [1.82, 2.24) is 0 Å². The van der Waals surface area contributed by atoms with Crippen LogP contribution >= 0.6 is 11.8 Å². The van der Waals surface area contributed by atoms with E-state index in [4.69, 9.17) is 5.11 Å². The molecule has 0 bridgehead atoms. The predicted molar refractivity (Wildman–Crippen MR) is 62.6 cm³/mol. The van der Waals surface area contributed by atoms with Crippen molar-refractivity contribution in [3.63, 3.8) is 0 Å². The monoisotopic (exact) mass is 249 g/mol. The minimum Gasteiger partial charge on any atom is -0.478 e. The first kappa shape index (κ1) is 11.4. The van der Waals surface area contributed by atoms with Crippen LogP contribution in [0.3, 0.4) is 0 Å². The van der Waals surface area contributed by atoms with E-state index in [1.54, 1.807) is 30.3 Å². The van der Waals surface area contributed by atoms with E-state index in [-0.39, 0.29) is 4.91 Å². The molecule has 1 N–H and O–H groups in total. The fourth-order valence-electron chi connectivity index (χ4n) is 1.38. The van der Waals surface area contributed by atoms with Gasteiger partial charge in [0, 0.05) is 6.08 Å². The Morgan fingerprint density at radius 2 is 1.88 bits per heavy atom. The van der Waals surface area contributed by atoms with Crippen LogP contribution in [0.15, 0.2) is 41.3 Å². The van der Waals surface area contributed by atoms with Gasteiger partial charge in [-0.25, -0.2) is 9.69 Å². The Balaban J connectivity index is 2.36. The molecule has 2 rings (SSSR count). The number of aliphatic carboxylic acids is 1. The van der Waals surface area contributed by atoms with Crippen LogP contribution in [0.1, 0.15) is 0 Å². The van der Waals surface area contributed by atoms with Crippen LogP contribution < -0.4 is 4.90 Å². The molecule has 1 saturated heterocycles. The highest BCUT2D eigenvalue weighted by Crippen LogP contribution is 2.34. The Kier molecular flexibility index (Phi) is 2.97. The SMILES string of the molecule is O=C(O)/C=C1/SC(=O)N(c2ccccc2)C1=O. The van der Waals surface area contributed by atoms with E-state index < -0.39 is 17.1 Å². The quantitative estimate of drug-likeness (QED) is 0.809. The molecular formula is C11H7NO4S. The molecule has 1 aliphatic heterocycles. The number of carbonyl (C=O) groups excluding carboxylic acids is 2. The molecule has 0 atom stereocenters. The standard InChI is InChI=1S/C11H7NO4S/c13-9(14)6-8-10(15)12(11(16)17-8)7-4-2-1-3-5-7/h1-6H,(H,13,14)/b8-6+. The van der Waals surface area contributed by atoms with Crippen molar-refractivity contribution in [2.75, 3.05) is 4.90 Å². The van der Waals surface area contributed by atoms with Gasteiger partial charge in [0.25, 0.3) is 11.1 Å². The van der Waals surface area contributed by atoms with Gasteiger partial charge in [-0.15, -0.1) is 0 Å². The van der Waals surface area contributed by atoms with Gasteiger partial charge in [-0.2, -0.15) is 0 Å². The third kappa shape index (κ3) is 2.21. The molecule has 0 aliphatic carbocycles. The lowest BCUT2D eigenvalue weighted by Gasteiger charge is -2.11. The van der Waals surface area contributed by atoms with Gasteiger partial charge in [-0.05, 0) is 23.9 Å². The molecule has 2 amide bonds. The van der Waals surface area contributed by atoms with Crippen LogP contribution in [0.2, 0.25) is 0 Å². The maximum Gasteiger partial charge on any atom is 0.329 e. The number of anilines is 1. The zero-order chi connectivity index (χ0) is 12.4. The summed E-state index contributed by atoms with van der Waals surface area (Å²) in [6, 6.07) is 8.37. The second-order valence-electron chi connectivity index (χ2n) is 3.19. The number of nitrogens with zero attached hydrogens (tertiary/aromatic N) is 1. The maximum absolute atomic E-state index is 11.8. The van der Waals surface area contributed by atoms with Crippen molar-refractivity contribution in [1.29, 1.82) is 0 Å². The number of thioether (sulfide) groups is 1. The van der Waals surface area contributed by atoms with Gasteiger partial charge in [-0.1, -0.05) is 18.2 Å². The van der Waals surface area contributed by atoms with E-state index >= 15 is 0 Å². The van der Waals surface area contributed by atoms with E-state index in [0.29, 0.717) is 17.4 Å². The summed E-state index contributed by atoms with van der Waals surface area (Å²) in [6.07, 6.45) is 0.744. The minimum atomic E-state index is -1.25. The van der Waals surface area contributed by atoms with Gasteiger partial charge in [0.05, 0.1) is 10.6 Å². The second kappa shape index (κ2) is 4.42. The lowest BCUT2D eigenvalue weighted by Crippen LogP contribution is -2.27. The van der Waals surface area contributed by atoms with Crippen molar-refractivity contribution < 1.29 is 19.5 Å². The van der Waals surface area contributed by atoms with Crippen LogP contribution in [-0.4, -0.2) is 22.2 Å². The summed E-state index contributed by atoms with van der Waals surface area (Å²) in [7, 11) is 0. The Hall–Kier alpha value is -2.08. The fourth-order valence-corrected chi connectivity index (χ4v) is 2.19. The second-order valence-corrected chi connectivity index (χ2v) is 4.18. The zero-order valence-electron chi connectivity index (χ0n) is 8.49. The molecule has 6 heteroatoms. The number of para-hydroxylation sites is 1. The summed E-state index contributed by atoms with van der Waals surface area (Å²) in [5, 5.41) is 8.07. The topological polar surface area (TPSA) is 74.7 Å². The van der Waals surface area contributed by atoms with E-state index in [0.717, 1.165) is 11.0 Å². The van der Waals surface area contributed by atoms with E-state index in [9.17, 15) is 14.4 Å². The van der Waals surface area contributed by atoms with Crippen LogP contribution in [0, 0.1) is 0 Å². The number of carbonyl (C=O) groups is 3. The first-order chi connectivity index (χ1) is 8.09. The molecular weight excluding hydrogens is 242 g/mol. The van der Waals surface area contributed by atoms with Crippen molar-refractivity contribution in [3.8, 4) is 0 Å². The molecule has 5 nitrogen and oxygen atoms in total. The van der Waals surface area contributed by atoms with Crippen LogP contribution in [-0.2, 0) is 9.59 Å². The van der Waals surface area contributed by atoms with Gasteiger partial charge in [0.15, 0.2) is 0 Å². The molecule has 1 fully saturated rings. The van der Waals surface area contributed by atoms with Crippen molar-refractivity contribution in [2.45, 2.75) is 0 Å². The van der Waals surface area contributed by atoms with Gasteiger partial charge >= 0.3 is 5.97 Å². The van der Waals surface area contributed by atoms with Gasteiger partial charge < -0.3 is 5.11 Å². The number of rotatable bonds is 2. The van der Waals surface area contributed by atoms with Crippen molar-refractivity contribution in [3.05, 3.63) is 41.3 Å². The van der Waals surface area contributed by atoms with E-state index in [1.165, 1.54) is 0 Å². The van der Waals surface area contributed by atoms with Crippen LogP contribution in [0.25, 0.3) is 0 Å². The summed E-state index contributed by atoms with van der Waals surface area (Å²) < 4.78 is 0. The number of benzene rings is 1. The Morgan fingerprint density at radius 3 is 2.47 bits per heavy atom. The van der Waals surface area contributed by atoms with Crippen LogP contribution in [0.4, 0.5) is 10.5 Å². The molecule has 1 aromatic carbocycles. The number of imide groups is 1. The van der Waals surface area contributed by atoms with Gasteiger partial charge in [-0.3, -0.25) is 9.59 Å². The van der Waals surface area contributed by atoms with E-state index in [1.807, 2.05) is 0 Å². The average Bonchev–Trinajstić information content (AvgIpc) is 2.54. The lowest BCUT2D eigenvalue weighted by molar-refractivity contribution is -0.131. The Bertz CT molecular complexity index is 524. The Labute approximate surface area is 101 Å². The molecule has 0 spiro atoms. The summed E-state index contributed by atoms with van der Waals surface area (Å²) in [6.45, 7) is 0. The molecule has 0 aromatic heterocycles. The molecule has 1 aliphatic rings. The lowest BCUT2D eigenvalue weighted by atomic mass is 10.3. The Morgan fingerprint density at radius 1 is 1.24 bits per heavy atom. The summed E-state index contributed by atoms with van der Waals surface area (Å²) in [5.74, 6) is -1.85. The number of hydrogen-bond donors (Lipinski definition) is 1. The number of hydrogen-bond acceptors (Lipinski definition) is 4. The largest absolute Gasteiger partial charge is 0.478 e. The molecule has 1 heterocycles. The summed E-state index contributed by atoms with van der Waals surface area (Å²) >= 11 is 0.623. The zero-order valence-corrected chi connectivity index (χ0v) is 9.31. The highest BCUT2D eigenvalue weighted by atomic mass is 32.2. The summed E-state index contributed by atoms with van der Waals surface area (Å²) in [5.41, 5.74) is 0.434. The minimum absolute atomic E-state index is 0.0775. The number of carboxylic acid groups (broad SMARTS) is 1. The average molecular weight is 249 g/mol. The first-order valence-electron chi connectivity index (χ1n) is 4.65. The van der Waals surface area contributed by atoms with Crippen molar-refractivity contribution >= 4 is 34.6 Å². The maximum atomic E-state index is 11.8. The predicted octanol–water partition coefficient (Wildman–Crippen LogP) is 1.85. The smallest absolute Gasteiger partial charge is 0.329 e. The molecule has 1 aromatic rings. The van der Waals surface area contributed by atoms with Crippen molar-refractivity contribution in [2.24, 2.45) is 0 Å². The fraction of sp³-hybridized carbons (Fsp3) is 0. The highest BCUT2D eigenvalue weighted by molar-refractivity contribution is 8.18. The summed E-state index contributed by atoms with van der Waals surface area (Å²) in [4.78, 5) is 34.8. The van der Waals surface area contributed by atoms with E-state index in [2.05, 4.69) is 0 Å². The van der Waals surface area contributed by atoms with Crippen LogP contribution in [0.5, 0.6) is 0 Å². The number of amides is 2. The molecule has 0 saturated carbocycles. The molecule has 17 heavy (non-hydrogen) atoms. The van der Waals surface area contributed by atoms with Gasteiger partial charge in [0.2, 0.25) is 0 Å². The molecule has 0 unspecified atom stereocenters. The third-order valence-corrected chi connectivity index (χ3v) is 2.93. The number of carboxylic acids is 1. The third-order valence-electron chi connectivity index (χ3n) is 2.06. The normalized spacial score (nSPS) is 17.9. The first-order valence-corrected chi connectivity index (χ1v) is 5.47. The molecule has 0 radical (unpaired) electrons. The van der Waals surface area contributed by atoms with Gasteiger partial charge in [0.1, 0.15) is 0 Å². The highest BCUT2D eigenvalue weighted by Gasteiger charge is 2.36.